The lowest BCUT2D eigenvalue weighted by Gasteiger charge is -2.14. The van der Waals surface area contributed by atoms with Gasteiger partial charge in [-0.25, -0.2) is 9.59 Å². The predicted molar refractivity (Wildman–Crippen MR) is 78.9 cm³/mol. The minimum Gasteiger partial charge on any atom is -0.496 e. The van der Waals surface area contributed by atoms with Crippen LogP contribution in [0.5, 0.6) is 11.5 Å². The van der Waals surface area contributed by atoms with Gasteiger partial charge in [0.05, 0.1) is 14.2 Å². The highest BCUT2D eigenvalue weighted by Crippen LogP contribution is 2.36. The van der Waals surface area contributed by atoms with Crippen molar-refractivity contribution in [3.63, 3.8) is 0 Å². The van der Waals surface area contributed by atoms with E-state index < -0.39 is 11.9 Å². The zero-order valence-corrected chi connectivity index (χ0v) is 12.0. The van der Waals surface area contributed by atoms with Gasteiger partial charge in [0, 0.05) is 11.1 Å². The average Bonchev–Trinajstić information content (AvgIpc) is 2.52. The monoisotopic (exact) mass is 302 g/mol. The summed E-state index contributed by atoms with van der Waals surface area (Å²) in [7, 11) is 2.71. The second-order valence-corrected chi connectivity index (χ2v) is 4.38. The molecular weight excluding hydrogens is 288 g/mol. The van der Waals surface area contributed by atoms with E-state index in [0.29, 0.717) is 0 Å². The van der Waals surface area contributed by atoms with Crippen LogP contribution in [0.1, 0.15) is 20.7 Å². The van der Waals surface area contributed by atoms with E-state index in [1.165, 1.54) is 38.5 Å². The maximum absolute atomic E-state index is 11.6. The first kappa shape index (κ1) is 15.4. The summed E-state index contributed by atoms with van der Waals surface area (Å²) >= 11 is 0. The number of carboxylic acid groups (broad SMARTS) is 2. The van der Waals surface area contributed by atoms with Gasteiger partial charge in [-0.2, -0.15) is 0 Å². The zero-order chi connectivity index (χ0) is 16.3. The van der Waals surface area contributed by atoms with Gasteiger partial charge >= 0.3 is 11.9 Å². The first-order chi connectivity index (χ1) is 10.5. The van der Waals surface area contributed by atoms with E-state index in [0.717, 1.165) is 0 Å². The number of carbonyl (C=O) groups is 2. The normalized spacial score (nSPS) is 10.1. The number of aromatic carboxylic acids is 2. The van der Waals surface area contributed by atoms with Gasteiger partial charge in [-0.1, -0.05) is 24.3 Å². The van der Waals surface area contributed by atoms with Gasteiger partial charge in [-0.15, -0.1) is 0 Å². The molecule has 2 rings (SSSR count). The molecule has 6 nitrogen and oxygen atoms in total. The molecule has 2 N–H and O–H groups in total. The fourth-order valence-electron chi connectivity index (χ4n) is 2.29. The Morgan fingerprint density at radius 2 is 1.14 bits per heavy atom. The summed E-state index contributed by atoms with van der Waals surface area (Å²) in [6.07, 6.45) is 0. The Hall–Kier alpha value is -3.02. The summed E-state index contributed by atoms with van der Waals surface area (Å²) in [4.78, 5) is 23.1. The smallest absolute Gasteiger partial charge is 0.340 e. The Kier molecular flexibility index (Phi) is 4.31. The number of methoxy groups -OCH3 is 2. The van der Waals surface area contributed by atoms with E-state index in [9.17, 15) is 19.8 Å². The van der Waals surface area contributed by atoms with Crippen LogP contribution in [-0.4, -0.2) is 36.4 Å². The number of hydrogen-bond donors (Lipinski definition) is 2. The number of ether oxygens (including phenoxy) is 2. The molecule has 22 heavy (non-hydrogen) atoms. The van der Waals surface area contributed by atoms with Crippen LogP contribution in [0, 0.1) is 0 Å². The minimum atomic E-state index is -1.20. The molecule has 0 aliphatic carbocycles. The Morgan fingerprint density at radius 1 is 0.773 bits per heavy atom. The fourth-order valence-corrected chi connectivity index (χ4v) is 2.29. The lowest BCUT2D eigenvalue weighted by molar-refractivity contribution is 0.0680. The molecule has 114 valence electrons. The highest BCUT2D eigenvalue weighted by atomic mass is 16.5. The highest BCUT2D eigenvalue weighted by Gasteiger charge is 2.23. The molecule has 0 aliphatic rings. The van der Waals surface area contributed by atoms with Gasteiger partial charge < -0.3 is 19.7 Å². The van der Waals surface area contributed by atoms with Gasteiger partial charge in [0.25, 0.3) is 0 Å². The number of benzene rings is 2. The van der Waals surface area contributed by atoms with Crippen molar-refractivity contribution in [3.8, 4) is 22.6 Å². The summed E-state index contributed by atoms with van der Waals surface area (Å²) in [5.74, 6) is -2.09. The molecule has 0 aliphatic heterocycles. The molecule has 0 bridgehead atoms. The van der Waals surface area contributed by atoms with Crippen molar-refractivity contribution in [2.75, 3.05) is 14.2 Å². The van der Waals surface area contributed by atoms with Crippen LogP contribution in [0.25, 0.3) is 11.1 Å². The van der Waals surface area contributed by atoms with Crippen molar-refractivity contribution in [2.45, 2.75) is 0 Å². The van der Waals surface area contributed by atoms with E-state index in [2.05, 4.69) is 0 Å². The molecule has 0 aromatic heterocycles. The number of hydrogen-bond acceptors (Lipinski definition) is 4. The van der Waals surface area contributed by atoms with E-state index >= 15 is 0 Å². The largest absolute Gasteiger partial charge is 0.496 e. The van der Waals surface area contributed by atoms with E-state index in [4.69, 9.17) is 9.47 Å². The highest BCUT2D eigenvalue weighted by molar-refractivity contribution is 6.05. The second-order valence-electron chi connectivity index (χ2n) is 4.38. The maximum atomic E-state index is 11.6. The fraction of sp³-hybridized carbons (Fsp3) is 0.125. The second kappa shape index (κ2) is 6.17. The molecule has 0 spiro atoms. The van der Waals surface area contributed by atoms with Crippen LogP contribution in [0.2, 0.25) is 0 Å². The number of carboxylic acids is 2. The lowest BCUT2D eigenvalue weighted by atomic mass is 9.94. The molecular formula is C16H14O6. The molecule has 0 heterocycles. The summed E-state index contributed by atoms with van der Waals surface area (Å²) in [5.41, 5.74) is 0.313. The Bertz CT molecular complexity index is 672. The SMILES string of the molecule is COc1cccc(-c2cccc(OC)c2C(=O)O)c1C(=O)O. The molecule has 0 amide bonds. The molecule has 0 fully saturated rings. The molecule has 2 aromatic rings. The van der Waals surface area contributed by atoms with Crippen LogP contribution in [0.4, 0.5) is 0 Å². The van der Waals surface area contributed by atoms with Crippen LogP contribution >= 0.6 is 0 Å². The van der Waals surface area contributed by atoms with Crippen LogP contribution < -0.4 is 9.47 Å². The topological polar surface area (TPSA) is 93.1 Å². The number of rotatable bonds is 5. The van der Waals surface area contributed by atoms with E-state index in [-0.39, 0.29) is 33.8 Å². The minimum absolute atomic E-state index is 0.0965. The molecule has 0 saturated carbocycles. The first-order valence-corrected chi connectivity index (χ1v) is 6.32. The standard InChI is InChI=1S/C16H14O6/c1-21-11-7-3-5-9(13(11)15(17)18)10-6-4-8-12(22-2)14(10)16(19)20/h3-8H,1-2H3,(H,17,18)(H,19,20). The Morgan fingerprint density at radius 3 is 1.41 bits per heavy atom. The molecule has 0 atom stereocenters. The van der Waals surface area contributed by atoms with Gasteiger partial charge in [-0.3, -0.25) is 0 Å². The van der Waals surface area contributed by atoms with E-state index in [1.807, 2.05) is 0 Å². The quantitative estimate of drug-likeness (QED) is 0.882. The Balaban J connectivity index is 2.83. The molecule has 6 heteroatoms. The van der Waals surface area contributed by atoms with Crippen molar-refractivity contribution in [3.05, 3.63) is 47.5 Å². The van der Waals surface area contributed by atoms with Crippen molar-refractivity contribution in [1.82, 2.24) is 0 Å². The third kappa shape index (κ3) is 2.58. The van der Waals surface area contributed by atoms with Crippen molar-refractivity contribution < 1.29 is 29.3 Å². The van der Waals surface area contributed by atoms with Crippen molar-refractivity contribution >= 4 is 11.9 Å². The molecule has 0 saturated heterocycles. The Labute approximate surface area is 126 Å². The summed E-state index contributed by atoms with van der Waals surface area (Å²) in [5, 5.41) is 18.9. The van der Waals surface area contributed by atoms with Gasteiger partial charge in [-0.05, 0) is 12.1 Å². The van der Waals surface area contributed by atoms with Gasteiger partial charge in [0.2, 0.25) is 0 Å². The van der Waals surface area contributed by atoms with Crippen LogP contribution in [-0.2, 0) is 0 Å². The molecule has 0 unspecified atom stereocenters. The third-order valence-corrected chi connectivity index (χ3v) is 3.21. The lowest BCUT2D eigenvalue weighted by Crippen LogP contribution is -2.07. The molecule has 0 radical (unpaired) electrons. The van der Waals surface area contributed by atoms with Crippen LogP contribution in [0.3, 0.4) is 0 Å². The summed E-state index contributed by atoms with van der Waals surface area (Å²) < 4.78 is 10.1. The van der Waals surface area contributed by atoms with E-state index in [1.54, 1.807) is 12.1 Å². The summed E-state index contributed by atoms with van der Waals surface area (Å²) in [6.45, 7) is 0. The third-order valence-electron chi connectivity index (χ3n) is 3.21. The summed E-state index contributed by atoms with van der Waals surface area (Å²) in [6, 6.07) is 9.29. The van der Waals surface area contributed by atoms with Gasteiger partial charge in [0.15, 0.2) is 0 Å². The maximum Gasteiger partial charge on any atom is 0.340 e. The van der Waals surface area contributed by atoms with Crippen molar-refractivity contribution in [2.24, 2.45) is 0 Å². The zero-order valence-electron chi connectivity index (χ0n) is 12.0. The van der Waals surface area contributed by atoms with Crippen molar-refractivity contribution in [1.29, 1.82) is 0 Å². The predicted octanol–water partition coefficient (Wildman–Crippen LogP) is 2.77. The van der Waals surface area contributed by atoms with Gasteiger partial charge in [0.1, 0.15) is 22.6 Å². The first-order valence-electron chi connectivity index (χ1n) is 6.32. The molecule has 2 aromatic carbocycles. The van der Waals surface area contributed by atoms with Crippen LogP contribution in [0.15, 0.2) is 36.4 Å². The average molecular weight is 302 g/mol.